The molecule has 0 aliphatic carbocycles. The van der Waals surface area contributed by atoms with Gasteiger partial charge < -0.3 is 19.3 Å². The Labute approximate surface area is 195 Å². The molecule has 0 aromatic heterocycles. The number of amides is 2. The maximum Gasteiger partial charge on any atom is 0.225 e. The van der Waals surface area contributed by atoms with Gasteiger partial charge in [-0.15, -0.1) is 0 Å². The maximum atomic E-state index is 13.2. The van der Waals surface area contributed by atoms with Gasteiger partial charge in [-0.25, -0.2) is 0 Å². The number of ether oxygens (including phenoxy) is 2. The first-order valence-corrected chi connectivity index (χ1v) is 11.6. The molecule has 2 aliphatic heterocycles. The molecular formula is C26H33N3O4. The van der Waals surface area contributed by atoms with Gasteiger partial charge in [0.25, 0.3) is 0 Å². The van der Waals surface area contributed by atoms with Gasteiger partial charge in [-0.05, 0) is 35.7 Å². The summed E-state index contributed by atoms with van der Waals surface area (Å²) >= 11 is 0. The lowest BCUT2D eigenvalue weighted by Crippen LogP contribution is -2.49. The van der Waals surface area contributed by atoms with E-state index < -0.39 is 0 Å². The largest absolute Gasteiger partial charge is 0.497 e. The predicted octanol–water partition coefficient (Wildman–Crippen LogP) is 2.88. The van der Waals surface area contributed by atoms with E-state index in [1.54, 1.807) is 21.1 Å². The summed E-state index contributed by atoms with van der Waals surface area (Å²) in [4.78, 5) is 31.6. The third-order valence-electron chi connectivity index (χ3n) is 6.79. The zero-order valence-electron chi connectivity index (χ0n) is 19.8. The van der Waals surface area contributed by atoms with Crippen LogP contribution in [0.5, 0.6) is 11.5 Å². The monoisotopic (exact) mass is 451 g/mol. The highest BCUT2D eigenvalue weighted by molar-refractivity contribution is 5.80. The zero-order valence-corrected chi connectivity index (χ0v) is 19.8. The van der Waals surface area contributed by atoms with Gasteiger partial charge >= 0.3 is 0 Å². The van der Waals surface area contributed by atoms with Crippen LogP contribution in [-0.2, 0) is 22.6 Å². The molecule has 0 radical (unpaired) electrons. The van der Waals surface area contributed by atoms with Crippen LogP contribution in [0.15, 0.2) is 42.5 Å². The van der Waals surface area contributed by atoms with E-state index in [9.17, 15) is 9.59 Å². The highest BCUT2D eigenvalue weighted by atomic mass is 16.5. The normalized spacial score (nSPS) is 18.6. The molecule has 0 bridgehead atoms. The van der Waals surface area contributed by atoms with Crippen molar-refractivity contribution in [1.82, 2.24) is 14.7 Å². The molecular weight excluding hydrogens is 418 g/mol. The second-order valence-electron chi connectivity index (χ2n) is 8.72. The lowest BCUT2D eigenvalue weighted by molar-refractivity contribution is -0.137. The van der Waals surface area contributed by atoms with Crippen LogP contribution in [0.25, 0.3) is 0 Å². The molecule has 7 heteroatoms. The molecule has 0 spiro atoms. The second-order valence-corrected chi connectivity index (χ2v) is 8.72. The number of piperazine rings is 1. The van der Waals surface area contributed by atoms with Crippen LogP contribution in [0.3, 0.4) is 0 Å². The molecule has 1 unspecified atom stereocenters. The van der Waals surface area contributed by atoms with Crippen molar-refractivity contribution in [3.8, 4) is 11.5 Å². The van der Waals surface area contributed by atoms with Crippen LogP contribution >= 0.6 is 0 Å². The maximum absolute atomic E-state index is 13.2. The predicted molar refractivity (Wildman–Crippen MR) is 126 cm³/mol. The summed E-state index contributed by atoms with van der Waals surface area (Å²) in [5.41, 5.74) is 3.42. The number of nitrogens with zero attached hydrogens (tertiary/aromatic N) is 3. The molecule has 2 heterocycles. The smallest absolute Gasteiger partial charge is 0.225 e. The van der Waals surface area contributed by atoms with Gasteiger partial charge in [0.15, 0.2) is 0 Å². The summed E-state index contributed by atoms with van der Waals surface area (Å²) in [6, 6.07) is 13.8. The Bertz CT molecular complexity index is 1000. The summed E-state index contributed by atoms with van der Waals surface area (Å²) in [6.45, 7) is 5.96. The Morgan fingerprint density at radius 2 is 1.73 bits per heavy atom. The number of hydrogen-bond acceptors (Lipinski definition) is 5. The second kappa shape index (κ2) is 10.3. The number of hydrogen-bond donors (Lipinski definition) is 0. The van der Waals surface area contributed by atoms with E-state index in [2.05, 4.69) is 17.0 Å². The number of fused-ring (bicyclic) bond motifs is 1. The fourth-order valence-electron chi connectivity index (χ4n) is 4.94. The fourth-order valence-corrected chi connectivity index (χ4v) is 4.94. The zero-order chi connectivity index (χ0) is 23.4. The first-order chi connectivity index (χ1) is 16.0. The topological polar surface area (TPSA) is 62.3 Å². The van der Waals surface area contributed by atoms with Crippen LogP contribution in [0.2, 0.25) is 0 Å². The van der Waals surface area contributed by atoms with Crippen LogP contribution < -0.4 is 9.47 Å². The SMILES string of the molecule is COc1ccc(OC)c(CN2CCN(C(=O)CC3c4ccccc4CCN3C(C)=O)CC2)c1. The summed E-state index contributed by atoms with van der Waals surface area (Å²) in [7, 11) is 3.34. The third kappa shape index (κ3) is 5.14. The first kappa shape index (κ1) is 23.1. The van der Waals surface area contributed by atoms with Crippen molar-refractivity contribution >= 4 is 11.8 Å². The van der Waals surface area contributed by atoms with E-state index in [4.69, 9.17) is 9.47 Å². The molecule has 2 aliphatic rings. The summed E-state index contributed by atoms with van der Waals surface area (Å²) < 4.78 is 10.9. The Hall–Kier alpha value is -3.06. The van der Waals surface area contributed by atoms with Crippen molar-refractivity contribution in [1.29, 1.82) is 0 Å². The van der Waals surface area contributed by atoms with E-state index in [-0.39, 0.29) is 17.9 Å². The quantitative estimate of drug-likeness (QED) is 0.676. The van der Waals surface area contributed by atoms with Gasteiger partial charge in [0.05, 0.1) is 26.7 Å². The van der Waals surface area contributed by atoms with Crippen molar-refractivity contribution in [3.05, 3.63) is 59.2 Å². The third-order valence-corrected chi connectivity index (χ3v) is 6.79. The summed E-state index contributed by atoms with van der Waals surface area (Å²) in [5, 5.41) is 0. The standard InChI is InChI=1S/C26H33N3O4/c1-19(30)29-11-10-20-6-4-5-7-23(20)24(29)17-26(31)28-14-12-27(13-15-28)18-21-16-22(32-2)8-9-25(21)33-3/h4-9,16,24H,10-15,17-18H2,1-3H3. The van der Waals surface area contributed by atoms with Crippen LogP contribution in [-0.4, -0.2) is 73.5 Å². The van der Waals surface area contributed by atoms with Gasteiger partial charge in [-0.3, -0.25) is 14.5 Å². The lowest BCUT2D eigenvalue weighted by atomic mass is 9.90. The number of methoxy groups -OCH3 is 2. The minimum atomic E-state index is -0.181. The van der Waals surface area contributed by atoms with Crippen molar-refractivity contribution < 1.29 is 19.1 Å². The molecule has 2 aromatic carbocycles. The Kier molecular flexibility index (Phi) is 7.18. The molecule has 1 fully saturated rings. The van der Waals surface area contributed by atoms with Crippen molar-refractivity contribution in [3.63, 3.8) is 0 Å². The molecule has 176 valence electrons. The molecule has 1 atom stereocenters. The number of carbonyl (C=O) groups excluding carboxylic acids is 2. The van der Waals surface area contributed by atoms with E-state index in [0.29, 0.717) is 26.1 Å². The molecule has 33 heavy (non-hydrogen) atoms. The number of benzene rings is 2. The van der Waals surface area contributed by atoms with Gasteiger partial charge in [0, 0.05) is 51.8 Å². The van der Waals surface area contributed by atoms with E-state index in [1.165, 1.54) is 5.56 Å². The summed E-state index contributed by atoms with van der Waals surface area (Å²) in [5.74, 6) is 1.79. The lowest BCUT2D eigenvalue weighted by Gasteiger charge is -2.39. The highest BCUT2D eigenvalue weighted by Gasteiger charge is 2.32. The van der Waals surface area contributed by atoms with Gasteiger partial charge in [-0.1, -0.05) is 24.3 Å². The van der Waals surface area contributed by atoms with Crippen molar-refractivity contribution in [2.75, 3.05) is 46.9 Å². The molecule has 0 N–H and O–H groups in total. The van der Waals surface area contributed by atoms with Crippen LogP contribution in [0, 0.1) is 0 Å². The minimum Gasteiger partial charge on any atom is -0.497 e. The Morgan fingerprint density at radius 3 is 2.42 bits per heavy atom. The number of rotatable bonds is 6. The minimum absolute atomic E-state index is 0.0272. The van der Waals surface area contributed by atoms with Crippen molar-refractivity contribution in [2.24, 2.45) is 0 Å². The first-order valence-electron chi connectivity index (χ1n) is 11.6. The van der Waals surface area contributed by atoms with Gasteiger partial charge in [-0.2, -0.15) is 0 Å². The highest BCUT2D eigenvalue weighted by Crippen LogP contribution is 2.33. The fraction of sp³-hybridized carbons (Fsp3) is 0.462. The average molecular weight is 452 g/mol. The van der Waals surface area contributed by atoms with Crippen LogP contribution in [0.4, 0.5) is 0 Å². The van der Waals surface area contributed by atoms with Crippen LogP contribution in [0.1, 0.15) is 36.1 Å². The van der Waals surface area contributed by atoms with Crippen molar-refractivity contribution in [2.45, 2.75) is 32.4 Å². The Balaban J connectivity index is 1.38. The van der Waals surface area contributed by atoms with E-state index in [1.807, 2.05) is 40.1 Å². The summed E-state index contributed by atoms with van der Waals surface area (Å²) in [6.07, 6.45) is 1.17. The molecule has 2 amide bonds. The average Bonchev–Trinajstić information content (AvgIpc) is 2.84. The van der Waals surface area contributed by atoms with E-state index >= 15 is 0 Å². The molecule has 1 saturated heterocycles. The molecule has 0 saturated carbocycles. The number of carbonyl (C=O) groups is 2. The van der Waals surface area contributed by atoms with Gasteiger partial charge in [0.1, 0.15) is 11.5 Å². The van der Waals surface area contributed by atoms with E-state index in [0.717, 1.165) is 48.7 Å². The molecule has 4 rings (SSSR count). The van der Waals surface area contributed by atoms with Gasteiger partial charge in [0.2, 0.25) is 11.8 Å². The Morgan fingerprint density at radius 1 is 0.970 bits per heavy atom. The molecule has 2 aromatic rings. The molecule has 7 nitrogen and oxygen atoms in total.